The van der Waals surface area contributed by atoms with Gasteiger partial charge in [0.2, 0.25) is 7.37 Å². The first-order valence-corrected chi connectivity index (χ1v) is 5.77. The molecule has 64 valence electrons. The highest BCUT2D eigenvalue weighted by molar-refractivity contribution is 7.59. The highest BCUT2D eigenvalue weighted by Gasteiger charge is 2.73. The Labute approximate surface area is 66.5 Å². The highest BCUT2D eigenvalue weighted by atomic mass is 31.2. The average molecular weight is 176 g/mol. The number of epoxide rings is 1. The number of ether oxygens (including phenoxy) is 1. The molecule has 0 aromatic carbocycles. The summed E-state index contributed by atoms with van der Waals surface area (Å²) in [6.07, 6.45) is 1.18. The van der Waals surface area contributed by atoms with Crippen molar-refractivity contribution in [3.05, 3.63) is 0 Å². The van der Waals surface area contributed by atoms with E-state index in [9.17, 15) is 4.57 Å². The molecule has 0 amide bonds. The van der Waals surface area contributed by atoms with E-state index in [2.05, 4.69) is 0 Å². The van der Waals surface area contributed by atoms with Gasteiger partial charge in [0.1, 0.15) is 11.2 Å². The molecule has 2 saturated heterocycles. The van der Waals surface area contributed by atoms with Crippen LogP contribution in [0.15, 0.2) is 0 Å². The summed E-state index contributed by atoms with van der Waals surface area (Å²) >= 11 is 0. The van der Waals surface area contributed by atoms with Gasteiger partial charge < -0.3 is 9.26 Å². The molecule has 2 atom stereocenters. The van der Waals surface area contributed by atoms with Crippen molar-refractivity contribution in [3.63, 3.8) is 0 Å². The quantitative estimate of drug-likeness (QED) is 0.448. The molecule has 0 bridgehead atoms. The van der Waals surface area contributed by atoms with Gasteiger partial charge >= 0.3 is 0 Å². The molecule has 0 spiro atoms. The number of fused-ring (bicyclic) bond motifs is 1. The summed E-state index contributed by atoms with van der Waals surface area (Å²) in [6, 6.07) is 0. The topological polar surface area (TPSA) is 38.8 Å². The van der Waals surface area contributed by atoms with Crippen molar-refractivity contribution in [1.29, 1.82) is 0 Å². The first-order valence-electron chi connectivity index (χ1n) is 3.77. The third-order valence-electron chi connectivity index (χ3n) is 2.95. The van der Waals surface area contributed by atoms with Crippen molar-refractivity contribution in [2.75, 3.05) is 19.4 Å². The van der Waals surface area contributed by atoms with Gasteiger partial charge in [-0.2, -0.15) is 0 Å². The average Bonchev–Trinajstić information content (AvgIpc) is 2.25. The molecule has 2 rings (SSSR count). The van der Waals surface area contributed by atoms with Crippen LogP contribution in [0.4, 0.5) is 0 Å². The molecule has 0 N–H and O–H groups in total. The minimum Gasteiger partial charge on any atom is -0.362 e. The Morgan fingerprint density at radius 2 is 1.82 bits per heavy atom. The Bertz CT molecular complexity index is 232. The maximum absolute atomic E-state index is 11.7. The fourth-order valence-electron chi connectivity index (χ4n) is 1.98. The van der Waals surface area contributed by atoms with Gasteiger partial charge in [-0.1, -0.05) is 0 Å². The molecule has 2 aliphatic heterocycles. The second-order valence-corrected chi connectivity index (χ2v) is 6.50. The van der Waals surface area contributed by atoms with E-state index >= 15 is 0 Å². The highest BCUT2D eigenvalue weighted by Crippen LogP contribution is 2.70. The molecule has 2 heterocycles. The van der Waals surface area contributed by atoms with E-state index in [1.807, 2.05) is 13.8 Å². The van der Waals surface area contributed by atoms with Crippen LogP contribution in [0.5, 0.6) is 0 Å². The maximum atomic E-state index is 11.7. The van der Waals surface area contributed by atoms with Gasteiger partial charge in [0.25, 0.3) is 0 Å². The predicted molar refractivity (Wildman–Crippen MR) is 42.2 cm³/mol. The lowest BCUT2D eigenvalue weighted by Crippen LogP contribution is -2.15. The Balaban J connectivity index is 2.25. The fraction of sp³-hybridized carbons (Fsp3) is 1.00. The molecule has 4 heteroatoms. The summed E-state index contributed by atoms with van der Waals surface area (Å²) in [5.41, 5.74) is -0.308. The van der Waals surface area contributed by atoms with Crippen molar-refractivity contribution in [3.8, 4) is 0 Å². The third-order valence-corrected chi connectivity index (χ3v) is 5.78. The Morgan fingerprint density at radius 3 is 2.09 bits per heavy atom. The lowest BCUT2D eigenvalue weighted by Gasteiger charge is -2.11. The predicted octanol–water partition coefficient (Wildman–Crippen LogP) is 1.47. The van der Waals surface area contributed by atoms with Crippen LogP contribution in [0, 0.1) is 0 Å². The van der Waals surface area contributed by atoms with E-state index < -0.39 is 7.37 Å². The lowest BCUT2D eigenvalue weighted by atomic mass is 10.0. The van der Waals surface area contributed by atoms with Crippen molar-refractivity contribution < 1.29 is 13.8 Å². The van der Waals surface area contributed by atoms with Crippen LogP contribution in [-0.4, -0.2) is 30.6 Å². The molecule has 0 aromatic heterocycles. The van der Waals surface area contributed by atoms with Gasteiger partial charge in [0, 0.05) is 7.11 Å². The van der Waals surface area contributed by atoms with Gasteiger partial charge in [-0.15, -0.1) is 0 Å². The van der Waals surface area contributed by atoms with Gasteiger partial charge in [-0.05, 0) is 13.8 Å². The first kappa shape index (κ1) is 7.78. The first-order chi connectivity index (χ1) is 4.93. The molecular formula is C7H13O3P. The number of hydrogen-bond donors (Lipinski definition) is 0. The Hall–Kier alpha value is 0.150. The van der Waals surface area contributed by atoms with Crippen LogP contribution in [0.25, 0.3) is 0 Å². The third kappa shape index (κ3) is 0.851. The fourth-order valence-corrected chi connectivity index (χ4v) is 4.98. The zero-order valence-corrected chi connectivity index (χ0v) is 7.98. The van der Waals surface area contributed by atoms with Crippen LogP contribution in [0.2, 0.25) is 0 Å². The Morgan fingerprint density at radius 1 is 1.36 bits per heavy atom. The van der Waals surface area contributed by atoms with Crippen molar-refractivity contribution in [2.24, 2.45) is 0 Å². The van der Waals surface area contributed by atoms with E-state index in [4.69, 9.17) is 9.26 Å². The molecule has 0 radical (unpaired) electrons. The summed E-state index contributed by atoms with van der Waals surface area (Å²) in [5, 5.41) is 0. The van der Waals surface area contributed by atoms with Gasteiger partial charge in [-0.25, -0.2) is 0 Å². The maximum Gasteiger partial charge on any atom is 0.208 e. The molecule has 0 saturated carbocycles. The summed E-state index contributed by atoms with van der Waals surface area (Å²) in [6.45, 7) is 4.01. The van der Waals surface area contributed by atoms with Crippen molar-refractivity contribution >= 4 is 7.37 Å². The molecule has 11 heavy (non-hydrogen) atoms. The van der Waals surface area contributed by atoms with Crippen molar-refractivity contribution in [2.45, 2.75) is 25.0 Å². The Kier molecular flexibility index (Phi) is 1.23. The molecule has 2 fully saturated rings. The SMILES string of the molecule is COP1(=O)CC2(C)OC2(C)C1. The number of hydrogen-bond acceptors (Lipinski definition) is 3. The van der Waals surface area contributed by atoms with Crippen LogP contribution in [0.1, 0.15) is 13.8 Å². The molecular weight excluding hydrogens is 163 g/mol. The van der Waals surface area contributed by atoms with Gasteiger partial charge in [0.05, 0.1) is 12.3 Å². The van der Waals surface area contributed by atoms with Crippen molar-refractivity contribution in [1.82, 2.24) is 0 Å². The lowest BCUT2D eigenvalue weighted by molar-refractivity contribution is 0.273. The minimum atomic E-state index is -2.31. The monoisotopic (exact) mass is 176 g/mol. The second kappa shape index (κ2) is 1.73. The summed E-state index contributed by atoms with van der Waals surface area (Å²) < 4.78 is 22.2. The molecule has 2 unspecified atom stereocenters. The normalized spacial score (nSPS) is 61.0. The zero-order chi connectivity index (χ0) is 8.33. The van der Waals surface area contributed by atoms with E-state index in [1.165, 1.54) is 7.11 Å². The summed E-state index contributed by atoms with van der Waals surface area (Å²) in [5.74, 6) is 0. The van der Waals surface area contributed by atoms with Crippen LogP contribution >= 0.6 is 7.37 Å². The van der Waals surface area contributed by atoms with E-state index in [0.29, 0.717) is 12.3 Å². The van der Waals surface area contributed by atoms with E-state index in [0.717, 1.165) is 0 Å². The van der Waals surface area contributed by atoms with Gasteiger partial charge in [-0.3, -0.25) is 4.57 Å². The van der Waals surface area contributed by atoms with Crippen LogP contribution in [-0.2, 0) is 13.8 Å². The molecule has 3 nitrogen and oxygen atoms in total. The smallest absolute Gasteiger partial charge is 0.208 e. The molecule has 0 aliphatic carbocycles. The van der Waals surface area contributed by atoms with Crippen LogP contribution in [0.3, 0.4) is 0 Å². The number of rotatable bonds is 1. The second-order valence-electron chi connectivity index (χ2n) is 3.88. The zero-order valence-electron chi connectivity index (χ0n) is 7.09. The molecule has 0 aromatic rings. The summed E-state index contributed by atoms with van der Waals surface area (Å²) in [4.78, 5) is 0. The van der Waals surface area contributed by atoms with Crippen LogP contribution < -0.4 is 0 Å². The van der Waals surface area contributed by atoms with Gasteiger partial charge in [0.15, 0.2) is 0 Å². The molecule has 2 aliphatic rings. The largest absolute Gasteiger partial charge is 0.362 e. The van der Waals surface area contributed by atoms with E-state index in [1.54, 1.807) is 0 Å². The van der Waals surface area contributed by atoms with E-state index in [-0.39, 0.29) is 11.2 Å². The summed E-state index contributed by atoms with van der Waals surface area (Å²) in [7, 11) is -0.787. The minimum absolute atomic E-state index is 0.154. The standard InChI is InChI=1S/C7H13O3P/c1-6-4-11(8,9-3)5-7(6,2)10-6/h4-5H2,1-3H3.